The molecule has 5 heteroatoms. The zero-order chi connectivity index (χ0) is 17.2. The lowest BCUT2D eigenvalue weighted by Crippen LogP contribution is -2.36. The van der Waals surface area contributed by atoms with E-state index < -0.39 is 5.92 Å². The van der Waals surface area contributed by atoms with Gasteiger partial charge in [-0.3, -0.25) is 4.79 Å². The van der Waals surface area contributed by atoms with Crippen LogP contribution in [0.1, 0.15) is 24.0 Å². The van der Waals surface area contributed by atoms with Crippen LogP contribution >= 0.6 is 0 Å². The summed E-state index contributed by atoms with van der Waals surface area (Å²) in [6.45, 7) is 3.88. The third-order valence-electron chi connectivity index (χ3n) is 4.67. The number of rotatable bonds is 2. The van der Waals surface area contributed by atoms with Crippen LogP contribution in [0, 0.1) is 12.8 Å². The molecule has 126 valence electrons. The van der Waals surface area contributed by atoms with Gasteiger partial charge in [0.25, 0.3) is 5.91 Å². The number of nitrogens with zero attached hydrogens (tertiary/aromatic N) is 4. The molecule has 1 unspecified atom stereocenters. The molecule has 3 aliphatic heterocycles. The van der Waals surface area contributed by atoms with E-state index in [4.69, 9.17) is 0 Å². The van der Waals surface area contributed by atoms with Crippen molar-refractivity contribution in [1.29, 1.82) is 0 Å². The minimum absolute atomic E-state index is 0.177. The minimum Gasteiger partial charge on any atom is -0.341 e. The first kappa shape index (κ1) is 15.7. The maximum atomic E-state index is 12.6. The van der Waals surface area contributed by atoms with Crippen molar-refractivity contribution in [3.05, 3.63) is 53.1 Å². The number of amides is 1. The maximum Gasteiger partial charge on any atom is 0.264 e. The largest absolute Gasteiger partial charge is 0.341 e. The van der Waals surface area contributed by atoms with Crippen molar-refractivity contribution in [2.24, 2.45) is 20.9 Å². The molecule has 0 spiro atoms. The van der Waals surface area contributed by atoms with E-state index in [9.17, 15) is 4.79 Å². The lowest BCUT2D eigenvalue weighted by molar-refractivity contribution is -0.118. The van der Waals surface area contributed by atoms with E-state index in [0.29, 0.717) is 11.8 Å². The highest BCUT2D eigenvalue weighted by Gasteiger charge is 2.34. The molecular formula is C20H20N4O. The van der Waals surface area contributed by atoms with Gasteiger partial charge >= 0.3 is 0 Å². The number of fused-ring (bicyclic) bond motifs is 1. The van der Waals surface area contributed by atoms with Crippen LogP contribution in [-0.4, -0.2) is 41.9 Å². The lowest BCUT2D eigenvalue weighted by atomic mass is 9.93. The van der Waals surface area contributed by atoms with Gasteiger partial charge in [-0.25, -0.2) is 4.99 Å². The van der Waals surface area contributed by atoms with Crippen LogP contribution in [0.25, 0.3) is 6.08 Å². The average molecular weight is 332 g/mol. The predicted molar refractivity (Wildman–Crippen MR) is 101 cm³/mol. The molecular weight excluding hydrogens is 312 g/mol. The summed E-state index contributed by atoms with van der Waals surface area (Å²) >= 11 is 0. The molecule has 0 saturated carbocycles. The number of carbonyl (C=O) groups is 1. The number of allylic oxidation sites excluding steroid dienone is 2. The molecule has 1 aromatic carbocycles. The highest BCUT2D eigenvalue weighted by atomic mass is 16.1. The standard InChI is InChI=1S/C20H20N4O/c1-14-4-6-15(7-5-14)8-9-16-10-11-21-18-17(16)19(25)23-20(22-18)24-12-2-3-13-24/h4-11,17H,2-3,12-13H2,1H3/b9-8+. The molecule has 3 heterocycles. The topological polar surface area (TPSA) is 57.4 Å². The van der Waals surface area contributed by atoms with Crippen molar-refractivity contribution in [3.8, 4) is 0 Å². The van der Waals surface area contributed by atoms with Crippen molar-refractivity contribution < 1.29 is 4.79 Å². The van der Waals surface area contributed by atoms with Crippen molar-refractivity contribution in [1.82, 2.24) is 4.90 Å². The van der Waals surface area contributed by atoms with Gasteiger partial charge in [-0.05, 0) is 37.0 Å². The number of amidine groups is 1. The van der Waals surface area contributed by atoms with Gasteiger partial charge in [0.15, 0.2) is 0 Å². The first-order valence-electron chi connectivity index (χ1n) is 8.66. The number of guanidine groups is 1. The quantitative estimate of drug-likeness (QED) is 0.836. The van der Waals surface area contributed by atoms with E-state index in [-0.39, 0.29) is 5.91 Å². The molecule has 1 atom stereocenters. The van der Waals surface area contributed by atoms with Crippen molar-refractivity contribution in [2.75, 3.05) is 13.1 Å². The summed E-state index contributed by atoms with van der Waals surface area (Å²) in [5.41, 5.74) is 3.20. The second-order valence-electron chi connectivity index (χ2n) is 6.54. The summed E-state index contributed by atoms with van der Waals surface area (Å²) in [7, 11) is 0. The van der Waals surface area contributed by atoms with Gasteiger partial charge in [-0.15, -0.1) is 0 Å². The Labute approximate surface area is 147 Å². The van der Waals surface area contributed by atoms with Crippen LogP contribution in [0.2, 0.25) is 0 Å². The molecule has 1 amide bonds. The van der Waals surface area contributed by atoms with E-state index in [1.54, 1.807) is 6.21 Å². The molecule has 1 fully saturated rings. The monoisotopic (exact) mass is 332 g/mol. The number of likely N-dealkylation sites (tertiary alicyclic amines) is 1. The third kappa shape index (κ3) is 3.22. The fourth-order valence-electron chi connectivity index (χ4n) is 3.24. The first-order chi connectivity index (χ1) is 12.2. The zero-order valence-corrected chi connectivity index (χ0v) is 14.2. The summed E-state index contributed by atoms with van der Waals surface area (Å²) in [5.74, 6) is 0.407. The Morgan fingerprint density at radius 3 is 2.60 bits per heavy atom. The molecule has 5 nitrogen and oxygen atoms in total. The summed E-state index contributed by atoms with van der Waals surface area (Å²) in [6, 6.07) is 8.26. The van der Waals surface area contributed by atoms with E-state index in [2.05, 4.69) is 51.1 Å². The number of hydrogen-bond acceptors (Lipinski definition) is 4. The van der Waals surface area contributed by atoms with Gasteiger partial charge in [-0.1, -0.05) is 42.0 Å². The lowest BCUT2D eigenvalue weighted by Gasteiger charge is -2.24. The Balaban J connectivity index is 1.57. The van der Waals surface area contributed by atoms with Gasteiger partial charge in [-0.2, -0.15) is 9.98 Å². The SMILES string of the molecule is Cc1ccc(/C=C/C2=CC=NC3=NC(N4CCCC4)=NC(=O)C23)cc1. The Morgan fingerprint density at radius 1 is 1.08 bits per heavy atom. The Hall–Kier alpha value is -2.82. The molecule has 25 heavy (non-hydrogen) atoms. The smallest absolute Gasteiger partial charge is 0.264 e. The highest BCUT2D eigenvalue weighted by Crippen LogP contribution is 2.25. The van der Waals surface area contributed by atoms with Gasteiger partial charge in [0.05, 0.1) is 0 Å². The van der Waals surface area contributed by atoms with E-state index in [1.165, 1.54) is 5.56 Å². The molecule has 3 aliphatic rings. The number of aliphatic imine (C=N–C) groups is 3. The molecule has 0 N–H and O–H groups in total. The Kier molecular flexibility index (Phi) is 4.14. The fraction of sp³-hybridized carbons (Fsp3) is 0.300. The molecule has 0 bridgehead atoms. The number of benzene rings is 1. The normalized spacial score (nSPS) is 22.8. The number of aryl methyl sites for hydroxylation is 1. The van der Waals surface area contributed by atoms with Crippen molar-refractivity contribution in [2.45, 2.75) is 19.8 Å². The minimum atomic E-state index is -0.488. The predicted octanol–water partition coefficient (Wildman–Crippen LogP) is 3.03. The summed E-state index contributed by atoms with van der Waals surface area (Å²) in [5, 5.41) is 0. The highest BCUT2D eigenvalue weighted by molar-refractivity contribution is 6.20. The number of hydrogen-bond donors (Lipinski definition) is 0. The van der Waals surface area contributed by atoms with Crippen LogP contribution in [-0.2, 0) is 4.79 Å². The Morgan fingerprint density at radius 2 is 1.84 bits per heavy atom. The van der Waals surface area contributed by atoms with Crippen LogP contribution in [0.3, 0.4) is 0 Å². The molecule has 0 radical (unpaired) electrons. The second kappa shape index (κ2) is 6.59. The van der Waals surface area contributed by atoms with Gasteiger partial charge < -0.3 is 4.90 Å². The first-order valence-corrected chi connectivity index (χ1v) is 8.66. The number of dihydropyridines is 1. The van der Waals surface area contributed by atoms with Crippen LogP contribution in [0.4, 0.5) is 0 Å². The maximum absolute atomic E-state index is 12.6. The molecule has 4 rings (SSSR count). The van der Waals surface area contributed by atoms with E-state index in [1.807, 2.05) is 18.2 Å². The molecule has 0 aromatic heterocycles. The third-order valence-corrected chi connectivity index (χ3v) is 4.67. The van der Waals surface area contributed by atoms with Crippen molar-refractivity contribution in [3.63, 3.8) is 0 Å². The van der Waals surface area contributed by atoms with Gasteiger partial charge in [0, 0.05) is 19.3 Å². The summed E-state index contributed by atoms with van der Waals surface area (Å²) in [4.78, 5) is 27.8. The van der Waals surface area contributed by atoms with Gasteiger partial charge in [0.1, 0.15) is 11.8 Å². The van der Waals surface area contributed by atoms with Crippen LogP contribution in [0.5, 0.6) is 0 Å². The van der Waals surface area contributed by atoms with Crippen LogP contribution < -0.4 is 0 Å². The molecule has 0 aliphatic carbocycles. The van der Waals surface area contributed by atoms with Crippen molar-refractivity contribution >= 4 is 30.0 Å². The summed E-state index contributed by atoms with van der Waals surface area (Å²) < 4.78 is 0. The zero-order valence-electron chi connectivity index (χ0n) is 14.2. The van der Waals surface area contributed by atoms with Gasteiger partial charge in [0.2, 0.25) is 5.96 Å². The molecule has 1 saturated heterocycles. The average Bonchev–Trinajstić information content (AvgIpc) is 3.15. The van der Waals surface area contributed by atoms with E-state index in [0.717, 1.165) is 37.1 Å². The van der Waals surface area contributed by atoms with E-state index >= 15 is 0 Å². The molecule has 1 aromatic rings. The summed E-state index contributed by atoms with van der Waals surface area (Å²) in [6.07, 6.45) is 9.79. The number of carbonyl (C=O) groups excluding carboxylic acids is 1. The van der Waals surface area contributed by atoms with Crippen LogP contribution in [0.15, 0.2) is 57.0 Å². The second-order valence-corrected chi connectivity index (χ2v) is 6.54. The Bertz CT molecular complexity index is 837. The fourth-order valence-corrected chi connectivity index (χ4v) is 3.24.